The maximum absolute atomic E-state index is 11.8. The van der Waals surface area contributed by atoms with E-state index in [2.05, 4.69) is 41.1 Å². The highest BCUT2D eigenvalue weighted by atomic mass is 32.2. The normalized spacial score (nSPS) is 21.1. The van der Waals surface area contributed by atoms with Crippen molar-refractivity contribution in [1.82, 2.24) is 15.4 Å². The van der Waals surface area contributed by atoms with E-state index in [0.717, 1.165) is 44.1 Å². The van der Waals surface area contributed by atoms with Crippen LogP contribution in [-0.4, -0.2) is 47.2 Å². The van der Waals surface area contributed by atoms with Crippen LogP contribution < -0.4 is 15.4 Å². The first-order valence-corrected chi connectivity index (χ1v) is 11.8. The highest BCUT2D eigenvalue weighted by Gasteiger charge is 2.35. The quantitative estimate of drug-likeness (QED) is 0.462. The van der Waals surface area contributed by atoms with Crippen LogP contribution in [0.2, 0.25) is 0 Å². The Labute approximate surface area is 175 Å². The van der Waals surface area contributed by atoms with Gasteiger partial charge in [-0.1, -0.05) is 32.9 Å². The molecule has 0 amide bonds. The number of nitrogens with one attached hydrogen (secondary N) is 3. The van der Waals surface area contributed by atoms with Crippen molar-refractivity contribution in [3.8, 4) is 0 Å². The lowest BCUT2D eigenvalue weighted by atomic mass is 9.78. The van der Waals surface area contributed by atoms with Crippen LogP contribution in [0, 0.1) is 11.3 Å². The summed E-state index contributed by atoms with van der Waals surface area (Å²) >= 11 is 0. The first-order valence-electron chi connectivity index (χ1n) is 10.3. The van der Waals surface area contributed by atoms with Crippen molar-refractivity contribution >= 4 is 16.0 Å². The Morgan fingerprint density at radius 2 is 1.90 bits per heavy atom. The second kappa shape index (κ2) is 10.4. The summed E-state index contributed by atoms with van der Waals surface area (Å²) in [5, 5.41) is 6.74. The third-order valence-electron chi connectivity index (χ3n) is 5.10. The minimum absolute atomic E-state index is 0.109. The van der Waals surface area contributed by atoms with Crippen LogP contribution in [0.3, 0.4) is 0 Å². The molecule has 0 radical (unpaired) electrons. The molecule has 1 aromatic carbocycles. The topological polar surface area (TPSA) is 91.8 Å². The average molecular weight is 425 g/mol. The summed E-state index contributed by atoms with van der Waals surface area (Å²) in [6, 6.07) is 6.79. The zero-order chi connectivity index (χ0) is 21.5. The lowest BCUT2D eigenvalue weighted by molar-refractivity contribution is -0.0835. The molecule has 1 aliphatic rings. The van der Waals surface area contributed by atoms with E-state index in [1.54, 1.807) is 24.3 Å². The van der Waals surface area contributed by atoms with Gasteiger partial charge in [-0.05, 0) is 49.9 Å². The van der Waals surface area contributed by atoms with Crippen LogP contribution in [0.15, 0.2) is 34.2 Å². The summed E-state index contributed by atoms with van der Waals surface area (Å²) in [4.78, 5) is 4.91. The molecule has 7 nitrogen and oxygen atoms in total. The van der Waals surface area contributed by atoms with E-state index in [-0.39, 0.29) is 16.4 Å². The maximum atomic E-state index is 11.8. The predicted molar refractivity (Wildman–Crippen MR) is 117 cm³/mol. The first kappa shape index (κ1) is 23.6. The molecule has 2 rings (SSSR count). The number of rotatable bonds is 7. The van der Waals surface area contributed by atoms with Crippen molar-refractivity contribution in [1.29, 1.82) is 0 Å². The van der Waals surface area contributed by atoms with E-state index in [0.29, 0.717) is 12.5 Å². The molecular formula is C21H36N4O3S. The van der Waals surface area contributed by atoms with E-state index < -0.39 is 10.0 Å². The summed E-state index contributed by atoms with van der Waals surface area (Å²) in [6.07, 6.45) is 2.47. The van der Waals surface area contributed by atoms with Gasteiger partial charge >= 0.3 is 0 Å². The molecular weight excluding hydrogens is 388 g/mol. The Bertz CT molecular complexity index is 770. The number of ether oxygens (including phenoxy) is 1. The molecule has 3 N–H and O–H groups in total. The molecule has 2 unspecified atom stereocenters. The van der Waals surface area contributed by atoms with Gasteiger partial charge in [0.25, 0.3) is 0 Å². The summed E-state index contributed by atoms with van der Waals surface area (Å²) in [5.41, 5.74) is 1.06. The van der Waals surface area contributed by atoms with Gasteiger partial charge < -0.3 is 15.4 Å². The molecule has 0 aromatic heterocycles. The van der Waals surface area contributed by atoms with E-state index in [1.165, 1.54) is 7.05 Å². The van der Waals surface area contributed by atoms with Crippen LogP contribution in [0.1, 0.15) is 46.1 Å². The van der Waals surface area contributed by atoms with Crippen molar-refractivity contribution in [2.24, 2.45) is 16.3 Å². The zero-order valence-corrected chi connectivity index (χ0v) is 19.1. The van der Waals surface area contributed by atoms with Crippen molar-refractivity contribution in [3.63, 3.8) is 0 Å². The second-order valence-electron chi connectivity index (χ2n) is 8.49. The van der Waals surface area contributed by atoms with Gasteiger partial charge in [0.2, 0.25) is 10.0 Å². The van der Waals surface area contributed by atoms with Gasteiger partial charge in [0, 0.05) is 25.6 Å². The molecule has 1 fully saturated rings. The van der Waals surface area contributed by atoms with Crippen molar-refractivity contribution in [3.05, 3.63) is 29.8 Å². The van der Waals surface area contributed by atoms with Gasteiger partial charge in [0.05, 0.1) is 17.5 Å². The third-order valence-corrected chi connectivity index (χ3v) is 6.53. The summed E-state index contributed by atoms with van der Waals surface area (Å²) < 4.78 is 32.0. The number of benzene rings is 1. The molecule has 1 aromatic rings. The molecule has 0 aliphatic carbocycles. The van der Waals surface area contributed by atoms with Gasteiger partial charge in [-0.25, -0.2) is 18.1 Å². The fourth-order valence-electron chi connectivity index (χ4n) is 3.64. The minimum Gasteiger partial charge on any atom is -0.377 e. The van der Waals surface area contributed by atoms with Crippen molar-refractivity contribution in [2.75, 3.05) is 26.7 Å². The van der Waals surface area contributed by atoms with Gasteiger partial charge in [-0.15, -0.1) is 0 Å². The highest BCUT2D eigenvalue weighted by Crippen LogP contribution is 2.33. The largest absolute Gasteiger partial charge is 0.377 e. The average Bonchev–Trinajstić information content (AvgIpc) is 2.70. The highest BCUT2D eigenvalue weighted by molar-refractivity contribution is 7.89. The molecule has 29 heavy (non-hydrogen) atoms. The SMILES string of the molecule is CCNC(=NCc1ccc(S(=O)(=O)NC)cc1)NCC1CCCOC1C(C)(C)C. The van der Waals surface area contributed by atoms with Crippen LogP contribution >= 0.6 is 0 Å². The number of nitrogens with zero attached hydrogens (tertiary/aromatic N) is 1. The molecule has 8 heteroatoms. The van der Waals surface area contributed by atoms with Gasteiger partial charge in [-0.3, -0.25) is 0 Å². The zero-order valence-electron chi connectivity index (χ0n) is 18.3. The maximum Gasteiger partial charge on any atom is 0.240 e. The molecule has 1 aliphatic heterocycles. The fourth-order valence-corrected chi connectivity index (χ4v) is 4.37. The number of sulfonamides is 1. The Kier molecular flexibility index (Phi) is 8.48. The summed E-state index contributed by atoms with van der Waals surface area (Å²) in [5.74, 6) is 1.20. The molecule has 1 saturated heterocycles. The number of hydrogen-bond acceptors (Lipinski definition) is 4. The standard InChI is InChI=1S/C21H36N4O3S/c1-6-23-20(25-15-17-8-7-13-28-19(17)21(2,3)4)24-14-16-9-11-18(12-10-16)29(26,27)22-5/h9-12,17,19,22H,6-8,13-15H2,1-5H3,(H2,23,24,25). The molecule has 0 bridgehead atoms. The van der Waals surface area contributed by atoms with Crippen LogP contribution in [0.25, 0.3) is 0 Å². The van der Waals surface area contributed by atoms with E-state index in [4.69, 9.17) is 4.74 Å². The van der Waals surface area contributed by atoms with E-state index in [1.807, 2.05) is 6.92 Å². The Hall–Kier alpha value is -1.64. The van der Waals surface area contributed by atoms with E-state index in [9.17, 15) is 8.42 Å². The summed E-state index contributed by atoms with van der Waals surface area (Å²) in [7, 11) is -2.01. The Balaban J connectivity index is 2.00. The second-order valence-corrected chi connectivity index (χ2v) is 10.4. The Morgan fingerprint density at radius 1 is 1.21 bits per heavy atom. The van der Waals surface area contributed by atoms with Crippen LogP contribution in [-0.2, 0) is 21.3 Å². The summed E-state index contributed by atoms with van der Waals surface area (Å²) in [6.45, 7) is 11.6. The number of aliphatic imine (C=N–C) groups is 1. The van der Waals surface area contributed by atoms with Crippen molar-refractivity contribution < 1.29 is 13.2 Å². The van der Waals surface area contributed by atoms with Gasteiger partial charge in [-0.2, -0.15) is 0 Å². The molecule has 164 valence electrons. The third kappa shape index (κ3) is 6.97. The minimum atomic E-state index is -3.42. The molecule has 0 spiro atoms. The first-order chi connectivity index (χ1) is 13.7. The Morgan fingerprint density at radius 3 is 2.48 bits per heavy atom. The smallest absolute Gasteiger partial charge is 0.240 e. The number of hydrogen-bond donors (Lipinski definition) is 3. The lowest BCUT2D eigenvalue weighted by Gasteiger charge is -2.40. The molecule has 0 saturated carbocycles. The van der Waals surface area contributed by atoms with Crippen LogP contribution in [0.5, 0.6) is 0 Å². The van der Waals surface area contributed by atoms with Gasteiger partial charge in [0.1, 0.15) is 0 Å². The van der Waals surface area contributed by atoms with Crippen molar-refractivity contribution in [2.45, 2.75) is 58.1 Å². The predicted octanol–water partition coefficient (Wildman–Crippen LogP) is 2.49. The molecule has 1 heterocycles. The number of guanidine groups is 1. The monoisotopic (exact) mass is 424 g/mol. The lowest BCUT2D eigenvalue weighted by Crippen LogP contribution is -2.47. The fraction of sp³-hybridized carbons (Fsp3) is 0.667. The molecule has 2 atom stereocenters. The van der Waals surface area contributed by atoms with E-state index >= 15 is 0 Å². The van der Waals surface area contributed by atoms with Gasteiger partial charge in [0.15, 0.2) is 5.96 Å². The van der Waals surface area contributed by atoms with Crippen LogP contribution in [0.4, 0.5) is 0 Å².